The third-order valence-corrected chi connectivity index (χ3v) is 3.76. The van der Waals surface area contributed by atoms with Gasteiger partial charge in [0, 0.05) is 29.2 Å². The second kappa shape index (κ2) is 6.81. The van der Waals surface area contributed by atoms with Crippen molar-refractivity contribution >= 4 is 17.6 Å². The Morgan fingerprint density at radius 1 is 1.25 bits per heavy atom. The van der Waals surface area contributed by atoms with Crippen LogP contribution < -0.4 is 15.2 Å². The summed E-state index contributed by atoms with van der Waals surface area (Å²) < 4.78 is 10.7. The van der Waals surface area contributed by atoms with Crippen LogP contribution in [0.5, 0.6) is 11.5 Å². The summed E-state index contributed by atoms with van der Waals surface area (Å²) in [6.45, 7) is 3.65. The zero-order valence-corrected chi connectivity index (χ0v) is 12.9. The summed E-state index contributed by atoms with van der Waals surface area (Å²) in [7, 11) is 3.07. The third-order valence-electron chi connectivity index (χ3n) is 3.31. The molecule has 3 N–H and O–H groups in total. The van der Waals surface area contributed by atoms with E-state index in [-0.39, 0.29) is 6.42 Å². The molecule has 0 aliphatic rings. The van der Waals surface area contributed by atoms with E-state index in [1.807, 2.05) is 13.8 Å². The maximum absolute atomic E-state index is 10.7. The fourth-order valence-electron chi connectivity index (χ4n) is 2.30. The zero-order chi connectivity index (χ0) is 15.4. The first-order chi connectivity index (χ1) is 9.34. The molecule has 20 heavy (non-hydrogen) atoms. The Hall–Kier alpha value is -1.46. The number of carboxylic acid groups (broad SMARTS) is 1. The van der Waals surface area contributed by atoms with Crippen LogP contribution in [0.2, 0.25) is 5.02 Å². The predicted molar refractivity (Wildman–Crippen MR) is 77.8 cm³/mol. The molecular weight excluding hydrogens is 282 g/mol. The minimum atomic E-state index is -0.880. The van der Waals surface area contributed by atoms with Crippen molar-refractivity contribution < 1.29 is 19.4 Å². The van der Waals surface area contributed by atoms with Crippen LogP contribution in [0.4, 0.5) is 0 Å². The van der Waals surface area contributed by atoms with Crippen molar-refractivity contribution in [2.45, 2.75) is 32.7 Å². The minimum Gasteiger partial charge on any atom is -0.496 e. The summed E-state index contributed by atoms with van der Waals surface area (Å²) in [5.74, 6) is 0.256. The highest BCUT2D eigenvalue weighted by Crippen LogP contribution is 2.43. The van der Waals surface area contributed by atoms with Crippen LogP contribution in [0.3, 0.4) is 0 Å². The SMILES string of the molecule is COc1c(C)c(C(N)CCC(=O)O)c(OC)c(C)c1Cl. The lowest BCUT2D eigenvalue weighted by molar-refractivity contribution is -0.137. The van der Waals surface area contributed by atoms with Crippen LogP contribution >= 0.6 is 11.6 Å². The summed E-state index contributed by atoms with van der Waals surface area (Å²) in [5, 5.41) is 9.25. The Morgan fingerprint density at radius 2 is 1.80 bits per heavy atom. The Balaban J connectivity index is 3.36. The number of nitrogens with two attached hydrogens (primary N) is 1. The van der Waals surface area contributed by atoms with Crippen molar-refractivity contribution in [3.63, 3.8) is 0 Å². The Kier molecular flexibility index (Phi) is 5.65. The van der Waals surface area contributed by atoms with E-state index in [4.69, 9.17) is 31.9 Å². The molecule has 1 rings (SSSR count). The molecule has 0 spiro atoms. The van der Waals surface area contributed by atoms with Gasteiger partial charge in [-0.1, -0.05) is 11.6 Å². The molecule has 0 bridgehead atoms. The van der Waals surface area contributed by atoms with Gasteiger partial charge in [0.1, 0.15) is 11.5 Å². The lowest BCUT2D eigenvalue weighted by Crippen LogP contribution is -2.16. The minimum absolute atomic E-state index is 0.00620. The molecule has 0 radical (unpaired) electrons. The molecule has 112 valence electrons. The highest BCUT2D eigenvalue weighted by atomic mass is 35.5. The van der Waals surface area contributed by atoms with E-state index < -0.39 is 12.0 Å². The molecule has 1 atom stereocenters. The number of halogens is 1. The first-order valence-corrected chi connectivity index (χ1v) is 6.60. The number of carboxylic acids is 1. The van der Waals surface area contributed by atoms with Gasteiger partial charge in [-0.05, 0) is 20.3 Å². The van der Waals surface area contributed by atoms with E-state index in [2.05, 4.69) is 0 Å². The van der Waals surface area contributed by atoms with E-state index in [0.29, 0.717) is 22.9 Å². The molecule has 0 aliphatic heterocycles. The number of benzene rings is 1. The van der Waals surface area contributed by atoms with Gasteiger partial charge in [-0.3, -0.25) is 4.79 Å². The van der Waals surface area contributed by atoms with Gasteiger partial charge >= 0.3 is 5.97 Å². The van der Waals surface area contributed by atoms with Crippen LogP contribution in [-0.4, -0.2) is 25.3 Å². The number of carbonyl (C=O) groups is 1. The normalized spacial score (nSPS) is 12.1. The van der Waals surface area contributed by atoms with Gasteiger partial charge in [0.2, 0.25) is 0 Å². The van der Waals surface area contributed by atoms with Gasteiger partial charge in [0.05, 0.1) is 19.2 Å². The van der Waals surface area contributed by atoms with Gasteiger partial charge in [0.15, 0.2) is 0 Å². The van der Waals surface area contributed by atoms with E-state index in [0.717, 1.165) is 16.7 Å². The molecule has 0 aliphatic carbocycles. The van der Waals surface area contributed by atoms with Crippen LogP contribution in [0.25, 0.3) is 0 Å². The quantitative estimate of drug-likeness (QED) is 0.844. The molecular formula is C14H20ClNO4. The first-order valence-electron chi connectivity index (χ1n) is 6.23. The average Bonchev–Trinajstić information content (AvgIpc) is 2.40. The van der Waals surface area contributed by atoms with Crippen molar-refractivity contribution in [2.75, 3.05) is 14.2 Å². The lowest BCUT2D eigenvalue weighted by Gasteiger charge is -2.23. The molecule has 6 heteroatoms. The summed E-state index contributed by atoms with van der Waals surface area (Å²) in [5.41, 5.74) is 8.37. The fourth-order valence-corrected chi connectivity index (χ4v) is 2.61. The van der Waals surface area contributed by atoms with Crippen LogP contribution in [0, 0.1) is 13.8 Å². The van der Waals surface area contributed by atoms with Gasteiger partial charge in [-0.15, -0.1) is 0 Å². The van der Waals surface area contributed by atoms with Gasteiger partial charge in [0.25, 0.3) is 0 Å². The van der Waals surface area contributed by atoms with Crippen LogP contribution in [-0.2, 0) is 4.79 Å². The van der Waals surface area contributed by atoms with Crippen LogP contribution in [0.15, 0.2) is 0 Å². The third kappa shape index (κ3) is 3.16. The molecule has 0 aromatic heterocycles. The highest BCUT2D eigenvalue weighted by molar-refractivity contribution is 6.33. The monoisotopic (exact) mass is 301 g/mol. The van der Waals surface area contributed by atoms with E-state index in [9.17, 15) is 4.79 Å². The molecule has 1 aromatic carbocycles. The van der Waals surface area contributed by atoms with Crippen LogP contribution in [0.1, 0.15) is 35.6 Å². The summed E-state index contributed by atoms with van der Waals surface area (Å²) >= 11 is 6.25. The average molecular weight is 302 g/mol. The smallest absolute Gasteiger partial charge is 0.303 e. The van der Waals surface area contributed by atoms with Crippen molar-refractivity contribution in [1.82, 2.24) is 0 Å². The molecule has 0 saturated carbocycles. The van der Waals surface area contributed by atoms with Gasteiger partial charge in [-0.2, -0.15) is 0 Å². The fraction of sp³-hybridized carbons (Fsp3) is 0.500. The topological polar surface area (TPSA) is 81.8 Å². The Morgan fingerprint density at radius 3 is 2.25 bits per heavy atom. The standard InChI is InChI=1S/C14H20ClNO4/c1-7-11(9(16)5-6-10(17)18)13(19-3)8(2)12(15)14(7)20-4/h9H,5-6,16H2,1-4H3,(H,17,18). The summed E-state index contributed by atoms with van der Waals surface area (Å²) in [4.78, 5) is 10.7. The van der Waals surface area contributed by atoms with E-state index >= 15 is 0 Å². The Labute approximate surface area is 123 Å². The largest absolute Gasteiger partial charge is 0.496 e. The molecule has 0 heterocycles. The molecule has 1 unspecified atom stereocenters. The zero-order valence-electron chi connectivity index (χ0n) is 12.1. The molecule has 0 saturated heterocycles. The molecule has 5 nitrogen and oxygen atoms in total. The van der Waals surface area contributed by atoms with Crippen molar-refractivity contribution in [1.29, 1.82) is 0 Å². The summed E-state index contributed by atoms with van der Waals surface area (Å²) in [6, 6.07) is -0.453. The second-order valence-electron chi connectivity index (χ2n) is 4.58. The number of rotatable bonds is 6. The van der Waals surface area contributed by atoms with Crippen molar-refractivity contribution in [3.8, 4) is 11.5 Å². The number of hydrogen-bond donors (Lipinski definition) is 2. The molecule has 0 amide bonds. The first kappa shape index (κ1) is 16.6. The van der Waals surface area contributed by atoms with E-state index in [1.165, 1.54) is 14.2 Å². The van der Waals surface area contributed by atoms with Gasteiger partial charge < -0.3 is 20.3 Å². The van der Waals surface area contributed by atoms with Crippen molar-refractivity contribution in [2.24, 2.45) is 5.73 Å². The Bertz CT molecular complexity index is 517. The lowest BCUT2D eigenvalue weighted by atomic mass is 9.94. The number of ether oxygens (including phenoxy) is 2. The van der Waals surface area contributed by atoms with E-state index in [1.54, 1.807) is 0 Å². The maximum Gasteiger partial charge on any atom is 0.303 e. The number of methoxy groups -OCH3 is 2. The number of aliphatic carboxylic acids is 1. The second-order valence-corrected chi connectivity index (χ2v) is 4.96. The molecule has 0 fully saturated rings. The maximum atomic E-state index is 10.7. The predicted octanol–water partition coefficient (Wildman–Crippen LogP) is 2.84. The molecule has 1 aromatic rings. The summed E-state index contributed by atoms with van der Waals surface area (Å²) in [6.07, 6.45) is 0.310. The number of hydrogen-bond acceptors (Lipinski definition) is 4. The highest BCUT2D eigenvalue weighted by Gasteiger charge is 2.24. The van der Waals surface area contributed by atoms with Crippen molar-refractivity contribution in [3.05, 3.63) is 21.7 Å². The van der Waals surface area contributed by atoms with Gasteiger partial charge in [-0.25, -0.2) is 0 Å².